The molecule has 0 N–H and O–H groups in total. The van der Waals surface area contributed by atoms with Crippen LogP contribution in [0.1, 0.15) is 16.1 Å². The van der Waals surface area contributed by atoms with Crippen LogP contribution in [-0.4, -0.2) is 15.3 Å². The van der Waals surface area contributed by atoms with Crippen LogP contribution >= 0.6 is 11.6 Å². The second kappa shape index (κ2) is 5.14. The van der Waals surface area contributed by atoms with Gasteiger partial charge in [0.15, 0.2) is 5.69 Å². The number of carbonyl (C=O) groups excluding carboxylic acids is 1. The Morgan fingerprint density at radius 3 is 2.48 bits per heavy atom. The van der Waals surface area contributed by atoms with E-state index in [4.69, 9.17) is 11.6 Å². The first-order valence-corrected chi connectivity index (χ1v) is 6.72. The van der Waals surface area contributed by atoms with Crippen LogP contribution < -0.4 is 5.56 Å². The normalized spacial score (nSPS) is 10.8. The van der Waals surface area contributed by atoms with Gasteiger partial charge in [-0.05, 0) is 36.4 Å². The summed E-state index contributed by atoms with van der Waals surface area (Å²) in [4.78, 5) is 29.0. The summed E-state index contributed by atoms with van der Waals surface area (Å²) in [5.74, 6) is -0.405. The maximum Gasteiger partial charge on any atom is 0.280 e. The second-order valence-electron chi connectivity index (χ2n) is 4.65. The fourth-order valence-corrected chi connectivity index (χ4v) is 2.29. The SMILES string of the molecule is Cn1c(=O)c(C(=O)c2ccc(Cl)cc2)nc2ccccc21. The van der Waals surface area contributed by atoms with Gasteiger partial charge in [-0.1, -0.05) is 23.7 Å². The highest BCUT2D eigenvalue weighted by atomic mass is 35.5. The van der Waals surface area contributed by atoms with Gasteiger partial charge in [0.25, 0.3) is 5.56 Å². The molecule has 3 rings (SSSR count). The molecule has 1 heterocycles. The van der Waals surface area contributed by atoms with Crippen molar-refractivity contribution in [2.45, 2.75) is 0 Å². The number of carbonyl (C=O) groups is 1. The Kier molecular flexibility index (Phi) is 3.31. The summed E-state index contributed by atoms with van der Waals surface area (Å²) in [5, 5.41) is 0.533. The number of aryl methyl sites for hydroxylation is 1. The second-order valence-corrected chi connectivity index (χ2v) is 5.09. The summed E-state index contributed by atoms with van der Waals surface area (Å²) < 4.78 is 1.44. The molecule has 0 bridgehead atoms. The molecule has 0 aliphatic rings. The van der Waals surface area contributed by atoms with Crippen molar-refractivity contribution < 1.29 is 4.79 Å². The number of fused-ring (bicyclic) bond motifs is 1. The number of ketones is 1. The van der Waals surface area contributed by atoms with Gasteiger partial charge in [-0.2, -0.15) is 0 Å². The maximum atomic E-state index is 12.5. The Hall–Kier alpha value is -2.46. The molecule has 104 valence electrons. The van der Waals surface area contributed by atoms with Crippen molar-refractivity contribution in [1.29, 1.82) is 0 Å². The van der Waals surface area contributed by atoms with Crippen LogP contribution in [-0.2, 0) is 7.05 Å². The minimum Gasteiger partial charge on any atom is -0.308 e. The number of hydrogen-bond donors (Lipinski definition) is 0. The lowest BCUT2D eigenvalue weighted by atomic mass is 10.1. The number of nitrogens with zero attached hydrogens (tertiary/aromatic N) is 2. The fourth-order valence-electron chi connectivity index (χ4n) is 2.16. The fraction of sp³-hybridized carbons (Fsp3) is 0.0625. The number of benzene rings is 2. The van der Waals surface area contributed by atoms with Crippen molar-refractivity contribution in [3.05, 3.63) is 75.2 Å². The van der Waals surface area contributed by atoms with E-state index in [1.807, 2.05) is 12.1 Å². The molecule has 3 aromatic rings. The number of aromatic nitrogens is 2. The summed E-state index contributed by atoms with van der Waals surface area (Å²) in [6.07, 6.45) is 0. The summed E-state index contributed by atoms with van der Waals surface area (Å²) in [6, 6.07) is 13.6. The van der Waals surface area contributed by atoms with Gasteiger partial charge in [0.1, 0.15) is 0 Å². The summed E-state index contributed by atoms with van der Waals surface area (Å²) in [7, 11) is 1.63. The predicted octanol–water partition coefficient (Wildman–Crippen LogP) is 2.82. The molecule has 0 saturated heterocycles. The summed E-state index contributed by atoms with van der Waals surface area (Å²) in [6.45, 7) is 0. The van der Waals surface area contributed by atoms with Crippen LogP contribution in [0.3, 0.4) is 0 Å². The summed E-state index contributed by atoms with van der Waals surface area (Å²) >= 11 is 5.80. The Labute approximate surface area is 125 Å². The van der Waals surface area contributed by atoms with Gasteiger partial charge in [0, 0.05) is 17.6 Å². The molecule has 5 heteroatoms. The monoisotopic (exact) mass is 298 g/mol. The molecule has 0 unspecified atom stereocenters. The third kappa shape index (κ3) is 2.34. The smallest absolute Gasteiger partial charge is 0.280 e. The van der Waals surface area contributed by atoms with E-state index in [0.717, 1.165) is 0 Å². The van der Waals surface area contributed by atoms with Crippen molar-refractivity contribution in [3.8, 4) is 0 Å². The molecular weight excluding hydrogens is 288 g/mol. The molecule has 0 spiro atoms. The quantitative estimate of drug-likeness (QED) is 0.684. The molecule has 0 radical (unpaired) electrons. The van der Waals surface area contributed by atoms with Gasteiger partial charge in [-0.15, -0.1) is 0 Å². The molecule has 1 aromatic heterocycles. The van der Waals surface area contributed by atoms with Crippen molar-refractivity contribution in [2.24, 2.45) is 7.05 Å². The van der Waals surface area contributed by atoms with Crippen molar-refractivity contribution >= 4 is 28.4 Å². The highest BCUT2D eigenvalue weighted by Gasteiger charge is 2.17. The van der Waals surface area contributed by atoms with Gasteiger partial charge in [-0.3, -0.25) is 9.59 Å². The van der Waals surface area contributed by atoms with E-state index in [0.29, 0.717) is 21.6 Å². The van der Waals surface area contributed by atoms with Gasteiger partial charge < -0.3 is 4.57 Å². The number of halogens is 1. The first-order valence-electron chi connectivity index (χ1n) is 6.34. The predicted molar refractivity (Wildman–Crippen MR) is 81.9 cm³/mol. The Balaban J connectivity index is 2.20. The number of rotatable bonds is 2. The minimum atomic E-state index is -0.409. The average Bonchev–Trinajstić information content (AvgIpc) is 2.51. The minimum absolute atomic E-state index is 0.0847. The van der Waals surface area contributed by atoms with E-state index in [2.05, 4.69) is 4.98 Å². The summed E-state index contributed by atoms with van der Waals surface area (Å²) in [5.41, 5.74) is 1.19. The largest absolute Gasteiger partial charge is 0.308 e. The first-order chi connectivity index (χ1) is 10.1. The zero-order valence-electron chi connectivity index (χ0n) is 11.2. The Morgan fingerprint density at radius 1 is 1.10 bits per heavy atom. The van der Waals surface area contributed by atoms with Gasteiger partial charge in [0.2, 0.25) is 5.78 Å². The van der Waals surface area contributed by atoms with Crippen LogP contribution in [0.5, 0.6) is 0 Å². The zero-order valence-corrected chi connectivity index (χ0v) is 12.0. The first kappa shape index (κ1) is 13.5. The van der Waals surface area contributed by atoms with E-state index >= 15 is 0 Å². The van der Waals surface area contributed by atoms with E-state index in [9.17, 15) is 9.59 Å². The highest BCUT2D eigenvalue weighted by Crippen LogP contribution is 2.14. The molecule has 0 amide bonds. The van der Waals surface area contributed by atoms with Crippen LogP contribution in [0.25, 0.3) is 11.0 Å². The highest BCUT2D eigenvalue weighted by molar-refractivity contribution is 6.30. The van der Waals surface area contributed by atoms with E-state index < -0.39 is 11.3 Å². The maximum absolute atomic E-state index is 12.5. The van der Waals surface area contributed by atoms with Gasteiger partial charge in [-0.25, -0.2) is 4.98 Å². The standard InChI is InChI=1S/C16H11ClN2O2/c1-19-13-5-3-2-4-12(13)18-14(16(19)21)15(20)10-6-8-11(17)9-7-10/h2-9H,1H3. The molecule has 0 fully saturated rings. The zero-order chi connectivity index (χ0) is 15.0. The average molecular weight is 299 g/mol. The molecule has 0 saturated carbocycles. The van der Waals surface area contributed by atoms with Gasteiger partial charge in [0.05, 0.1) is 11.0 Å². The topological polar surface area (TPSA) is 52.0 Å². The molecule has 2 aromatic carbocycles. The number of para-hydroxylation sites is 2. The van der Waals surface area contributed by atoms with Crippen LogP contribution in [0.4, 0.5) is 0 Å². The van der Waals surface area contributed by atoms with Crippen LogP contribution in [0.2, 0.25) is 5.02 Å². The third-order valence-corrected chi connectivity index (χ3v) is 3.56. The van der Waals surface area contributed by atoms with E-state index in [1.54, 1.807) is 43.4 Å². The Bertz CT molecular complexity index is 898. The molecule has 21 heavy (non-hydrogen) atoms. The van der Waals surface area contributed by atoms with Crippen LogP contribution in [0, 0.1) is 0 Å². The van der Waals surface area contributed by atoms with Crippen molar-refractivity contribution in [1.82, 2.24) is 9.55 Å². The van der Waals surface area contributed by atoms with E-state index in [1.165, 1.54) is 4.57 Å². The van der Waals surface area contributed by atoms with Crippen molar-refractivity contribution in [3.63, 3.8) is 0 Å². The van der Waals surface area contributed by atoms with Gasteiger partial charge >= 0.3 is 0 Å². The molecule has 0 aliphatic carbocycles. The lowest BCUT2D eigenvalue weighted by Gasteiger charge is -2.07. The lowest BCUT2D eigenvalue weighted by Crippen LogP contribution is -2.27. The van der Waals surface area contributed by atoms with Crippen LogP contribution in [0.15, 0.2) is 53.3 Å². The number of hydrogen-bond acceptors (Lipinski definition) is 3. The molecule has 4 nitrogen and oxygen atoms in total. The molecule has 0 atom stereocenters. The molecule has 0 aliphatic heterocycles. The lowest BCUT2D eigenvalue weighted by molar-refractivity contribution is 0.103. The van der Waals surface area contributed by atoms with E-state index in [-0.39, 0.29) is 5.69 Å². The van der Waals surface area contributed by atoms with Crippen molar-refractivity contribution in [2.75, 3.05) is 0 Å². The third-order valence-electron chi connectivity index (χ3n) is 3.30. The molecular formula is C16H11ClN2O2. The Morgan fingerprint density at radius 2 is 1.76 bits per heavy atom.